The van der Waals surface area contributed by atoms with Gasteiger partial charge >= 0.3 is 5.91 Å². The van der Waals surface area contributed by atoms with Crippen molar-refractivity contribution in [1.29, 1.82) is 0 Å². The van der Waals surface area contributed by atoms with Gasteiger partial charge in [0, 0.05) is 5.39 Å². The van der Waals surface area contributed by atoms with E-state index in [0.29, 0.717) is 5.58 Å². The summed E-state index contributed by atoms with van der Waals surface area (Å²) in [6, 6.07) is 14.6. The predicted octanol–water partition coefficient (Wildman–Crippen LogP) is 3.97. The maximum atomic E-state index is 12.0. The molecule has 1 N–H and O–H groups in total. The lowest BCUT2D eigenvalue weighted by Gasteiger charge is -2.03. The lowest BCUT2D eigenvalue weighted by atomic mass is 10.2. The first kappa shape index (κ1) is 15.3. The van der Waals surface area contributed by atoms with Crippen LogP contribution in [0.25, 0.3) is 11.0 Å². The third-order valence-electron chi connectivity index (χ3n) is 3.20. The molecule has 2 aromatic carbocycles. The van der Waals surface area contributed by atoms with E-state index < -0.39 is 5.91 Å². The topological polar surface area (TPSA) is 63.8 Å². The van der Waals surface area contributed by atoms with Crippen LogP contribution in [0.2, 0.25) is 0 Å². The number of fused-ring (bicyclic) bond motifs is 1. The monoisotopic (exact) mass is 372 g/mol. The van der Waals surface area contributed by atoms with Gasteiger partial charge in [0.05, 0.1) is 17.8 Å². The summed E-state index contributed by atoms with van der Waals surface area (Å²) in [7, 11) is 1.60. The Balaban J connectivity index is 1.69. The zero-order valence-corrected chi connectivity index (χ0v) is 13.8. The molecule has 0 aliphatic heterocycles. The van der Waals surface area contributed by atoms with Gasteiger partial charge in [-0.2, -0.15) is 5.10 Å². The van der Waals surface area contributed by atoms with Crippen molar-refractivity contribution in [1.82, 2.24) is 5.43 Å². The van der Waals surface area contributed by atoms with Crippen LogP contribution in [-0.2, 0) is 0 Å². The van der Waals surface area contributed by atoms with E-state index in [4.69, 9.17) is 9.15 Å². The van der Waals surface area contributed by atoms with Crippen LogP contribution in [0.1, 0.15) is 16.1 Å². The molecule has 0 aliphatic carbocycles. The van der Waals surface area contributed by atoms with Crippen LogP contribution in [-0.4, -0.2) is 19.2 Å². The maximum Gasteiger partial charge on any atom is 0.307 e. The van der Waals surface area contributed by atoms with E-state index in [1.165, 1.54) is 0 Å². The quantitative estimate of drug-likeness (QED) is 0.556. The molecule has 3 rings (SSSR count). The molecule has 0 radical (unpaired) electrons. The number of nitrogens with one attached hydrogen (secondary N) is 1. The van der Waals surface area contributed by atoms with Crippen molar-refractivity contribution >= 4 is 39.0 Å². The summed E-state index contributed by atoms with van der Waals surface area (Å²) in [5.74, 6) is 0.553. The van der Waals surface area contributed by atoms with Crippen molar-refractivity contribution in [3.8, 4) is 5.75 Å². The highest BCUT2D eigenvalue weighted by Crippen LogP contribution is 2.24. The largest absolute Gasteiger partial charge is 0.496 e. The first-order valence-corrected chi connectivity index (χ1v) is 7.62. The second-order valence-corrected chi connectivity index (χ2v) is 5.60. The fourth-order valence-electron chi connectivity index (χ4n) is 2.08. The summed E-state index contributed by atoms with van der Waals surface area (Å²) in [4.78, 5) is 12.0. The van der Waals surface area contributed by atoms with E-state index in [2.05, 4.69) is 26.5 Å². The lowest BCUT2D eigenvalue weighted by molar-refractivity contribution is 0.0929. The fraction of sp³-hybridized carbons (Fsp3) is 0.0588. The standard InChI is InChI=1S/C17H13BrN2O3/c1-22-15-7-6-11(8-13(15)18)10-19-20-17(21)16-9-12-4-2-3-5-14(12)23-16/h2-10H,1H3,(H,20,21)/b19-10+. The number of carbonyl (C=O) groups excluding carboxylic acids is 1. The van der Waals surface area contributed by atoms with Gasteiger partial charge in [-0.05, 0) is 51.8 Å². The molecule has 23 heavy (non-hydrogen) atoms. The normalized spacial score (nSPS) is 11.0. The molecule has 0 unspecified atom stereocenters. The van der Waals surface area contributed by atoms with Crippen LogP contribution in [0.5, 0.6) is 5.75 Å². The van der Waals surface area contributed by atoms with Gasteiger partial charge in [0.1, 0.15) is 11.3 Å². The molecular weight excluding hydrogens is 360 g/mol. The number of hydrogen-bond donors (Lipinski definition) is 1. The van der Waals surface area contributed by atoms with Gasteiger partial charge in [-0.15, -0.1) is 0 Å². The van der Waals surface area contributed by atoms with Crippen LogP contribution in [0.4, 0.5) is 0 Å². The Hall–Kier alpha value is -2.60. The van der Waals surface area contributed by atoms with Gasteiger partial charge in [0.25, 0.3) is 0 Å². The van der Waals surface area contributed by atoms with E-state index in [0.717, 1.165) is 21.2 Å². The van der Waals surface area contributed by atoms with Gasteiger partial charge in [0.2, 0.25) is 0 Å². The zero-order chi connectivity index (χ0) is 16.2. The predicted molar refractivity (Wildman–Crippen MR) is 92.0 cm³/mol. The number of methoxy groups -OCH3 is 1. The fourth-order valence-corrected chi connectivity index (χ4v) is 2.64. The number of furan rings is 1. The van der Waals surface area contributed by atoms with Crippen molar-refractivity contribution < 1.29 is 13.9 Å². The van der Waals surface area contributed by atoms with E-state index in [-0.39, 0.29) is 5.76 Å². The minimum Gasteiger partial charge on any atom is -0.496 e. The van der Waals surface area contributed by atoms with Crippen LogP contribution in [0.15, 0.2) is 62.5 Å². The first-order valence-electron chi connectivity index (χ1n) is 6.83. The minimum absolute atomic E-state index is 0.222. The molecule has 0 saturated carbocycles. The van der Waals surface area contributed by atoms with E-state index in [1.807, 2.05) is 42.5 Å². The molecule has 1 amide bonds. The SMILES string of the molecule is COc1ccc(/C=N/NC(=O)c2cc3ccccc3o2)cc1Br. The number of rotatable bonds is 4. The highest BCUT2D eigenvalue weighted by molar-refractivity contribution is 9.10. The van der Waals surface area contributed by atoms with Gasteiger partial charge < -0.3 is 9.15 Å². The Labute approximate surface area is 141 Å². The molecule has 116 valence electrons. The summed E-state index contributed by atoms with van der Waals surface area (Å²) in [5.41, 5.74) is 3.94. The third-order valence-corrected chi connectivity index (χ3v) is 3.82. The van der Waals surface area contributed by atoms with Gasteiger partial charge in [-0.3, -0.25) is 4.79 Å². The number of para-hydroxylation sites is 1. The molecule has 0 atom stereocenters. The molecule has 5 nitrogen and oxygen atoms in total. The lowest BCUT2D eigenvalue weighted by Crippen LogP contribution is -2.16. The van der Waals surface area contributed by atoms with Crippen LogP contribution >= 0.6 is 15.9 Å². The number of hydrogen-bond acceptors (Lipinski definition) is 4. The third kappa shape index (κ3) is 3.43. The molecule has 1 heterocycles. The summed E-state index contributed by atoms with van der Waals surface area (Å²) in [6.07, 6.45) is 1.55. The smallest absolute Gasteiger partial charge is 0.307 e. The van der Waals surface area contributed by atoms with Crippen molar-refractivity contribution in [2.75, 3.05) is 7.11 Å². The molecular formula is C17H13BrN2O3. The van der Waals surface area contributed by atoms with Gasteiger partial charge in [-0.1, -0.05) is 18.2 Å². The number of nitrogens with zero attached hydrogens (tertiary/aromatic N) is 1. The summed E-state index contributed by atoms with van der Waals surface area (Å²) < 4.78 is 11.4. The maximum absolute atomic E-state index is 12.0. The summed E-state index contributed by atoms with van der Waals surface area (Å²) >= 11 is 3.40. The van der Waals surface area contributed by atoms with Crippen molar-refractivity contribution in [3.05, 3.63) is 64.3 Å². The van der Waals surface area contributed by atoms with Crippen LogP contribution in [0, 0.1) is 0 Å². The highest BCUT2D eigenvalue weighted by Gasteiger charge is 2.10. The van der Waals surface area contributed by atoms with Crippen LogP contribution in [0.3, 0.4) is 0 Å². The Morgan fingerprint density at radius 1 is 1.26 bits per heavy atom. The van der Waals surface area contributed by atoms with Gasteiger partial charge in [0.15, 0.2) is 5.76 Å². The average molecular weight is 373 g/mol. The van der Waals surface area contributed by atoms with Gasteiger partial charge in [-0.25, -0.2) is 5.43 Å². The molecule has 3 aromatic rings. The number of carbonyl (C=O) groups is 1. The van der Waals surface area contributed by atoms with Crippen LogP contribution < -0.4 is 10.2 Å². The molecule has 1 aromatic heterocycles. The first-order chi connectivity index (χ1) is 11.2. The van der Waals surface area contributed by atoms with Crippen molar-refractivity contribution in [2.45, 2.75) is 0 Å². The number of halogens is 1. The van der Waals surface area contributed by atoms with Crippen molar-refractivity contribution in [2.24, 2.45) is 5.10 Å². The van der Waals surface area contributed by atoms with Crippen molar-refractivity contribution in [3.63, 3.8) is 0 Å². The zero-order valence-electron chi connectivity index (χ0n) is 12.2. The Kier molecular flexibility index (Phi) is 4.43. The Morgan fingerprint density at radius 2 is 2.09 bits per heavy atom. The molecule has 0 aliphatic rings. The van der Waals surface area contributed by atoms with E-state index >= 15 is 0 Å². The summed E-state index contributed by atoms with van der Waals surface area (Å²) in [5, 5.41) is 4.81. The molecule has 0 bridgehead atoms. The molecule has 0 saturated heterocycles. The average Bonchev–Trinajstić information content (AvgIpc) is 2.99. The molecule has 0 fully saturated rings. The van der Waals surface area contributed by atoms with E-state index in [1.54, 1.807) is 19.4 Å². The Morgan fingerprint density at radius 3 is 2.83 bits per heavy atom. The number of hydrazone groups is 1. The number of benzene rings is 2. The van der Waals surface area contributed by atoms with E-state index in [9.17, 15) is 4.79 Å². The second-order valence-electron chi connectivity index (χ2n) is 4.74. The minimum atomic E-state index is -0.398. The second kappa shape index (κ2) is 6.66. The number of amides is 1. The Bertz CT molecular complexity index is 853. The number of ether oxygens (including phenoxy) is 1. The summed E-state index contributed by atoms with van der Waals surface area (Å²) in [6.45, 7) is 0. The highest BCUT2D eigenvalue weighted by atomic mass is 79.9. The molecule has 6 heteroatoms. The molecule has 0 spiro atoms.